The van der Waals surface area contributed by atoms with Gasteiger partial charge < -0.3 is 14.0 Å². The highest BCUT2D eigenvalue weighted by Crippen LogP contribution is 2.38. The topological polar surface area (TPSA) is 40.5 Å². The molecule has 27 heavy (non-hydrogen) atoms. The van der Waals surface area contributed by atoms with Crippen LogP contribution in [0.3, 0.4) is 0 Å². The van der Waals surface area contributed by atoms with Gasteiger partial charge >= 0.3 is 0 Å². The van der Waals surface area contributed by atoms with E-state index < -0.39 is 0 Å². The Morgan fingerprint density at radius 1 is 1.04 bits per heavy atom. The van der Waals surface area contributed by atoms with Crippen LogP contribution in [0.25, 0.3) is 10.9 Å². The van der Waals surface area contributed by atoms with Crippen molar-refractivity contribution >= 4 is 22.7 Å². The Hall–Kier alpha value is -2.08. The fraction of sp³-hybridized carbons (Fsp3) is 0.318. The van der Waals surface area contributed by atoms with Gasteiger partial charge in [0.2, 0.25) is 0 Å². The Morgan fingerprint density at radius 3 is 2.59 bits per heavy atom. The number of methoxy groups -OCH3 is 1. The lowest BCUT2D eigenvalue weighted by atomic mass is 9.86. The molecular weight excluding hydrogens is 358 g/mol. The summed E-state index contributed by atoms with van der Waals surface area (Å²) >= 11 is 1.73. The average Bonchev–Trinajstić information content (AvgIpc) is 2.71. The van der Waals surface area contributed by atoms with Crippen molar-refractivity contribution in [3.63, 3.8) is 0 Å². The van der Waals surface area contributed by atoms with Crippen LogP contribution >= 0.6 is 11.8 Å². The quantitative estimate of drug-likeness (QED) is 0.674. The van der Waals surface area contributed by atoms with Gasteiger partial charge in [0.15, 0.2) is 0 Å². The van der Waals surface area contributed by atoms with E-state index in [9.17, 15) is 4.79 Å². The van der Waals surface area contributed by atoms with Crippen LogP contribution < -0.4 is 5.56 Å². The SMILES string of the molecule is COC1(c2cccc(Sc3ccc4c(ccc(=O)n4C)c3)c2)CCOCC1. The summed E-state index contributed by atoms with van der Waals surface area (Å²) < 4.78 is 13.1. The van der Waals surface area contributed by atoms with Gasteiger partial charge in [0.25, 0.3) is 5.56 Å². The zero-order valence-corrected chi connectivity index (χ0v) is 16.4. The second-order valence-electron chi connectivity index (χ2n) is 6.89. The molecule has 2 heterocycles. The first-order valence-corrected chi connectivity index (χ1v) is 9.94. The maximum atomic E-state index is 11.8. The molecule has 3 aromatic rings. The Labute approximate surface area is 163 Å². The summed E-state index contributed by atoms with van der Waals surface area (Å²) in [5, 5.41) is 1.07. The molecule has 0 N–H and O–H groups in total. The number of fused-ring (bicyclic) bond motifs is 1. The highest BCUT2D eigenvalue weighted by molar-refractivity contribution is 7.99. The number of benzene rings is 2. The Kier molecular flexibility index (Phi) is 5.08. The summed E-state index contributed by atoms with van der Waals surface area (Å²) in [6.45, 7) is 1.46. The Balaban J connectivity index is 1.64. The highest BCUT2D eigenvalue weighted by atomic mass is 32.2. The van der Waals surface area contributed by atoms with Gasteiger partial charge in [0, 0.05) is 56.1 Å². The largest absolute Gasteiger partial charge is 0.381 e. The van der Waals surface area contributed by atoms with Crippen LogP contribution in [-0.2, 0) is 22.1 Å². The summed E-state index contributed by atoms with van der Waals surface area (Å²) in [4.78, 5) is 14.1. The number of aromatic nitrogens is 1. The molecule has 0 saturated carbocycles. The first kappa shape index (κ1) is 18.3. The van der Waals surface area contributed by atoms with E-state index in [1.165, 1.54) is 10.5 Å². The van der Waals surface area contributed by atoms with Gasteiger partial charge in [0.1, 0.15) is 0 Å². The minimum Gasteiger partial charge on any atom is -0.381 e. The second kappa shape index (κ2) is 7.50. The lowest BCUT2D eigenvalue weighted by molar-refractivity contribution is -0.0948. The Bertz CT molecular complexity index is 1020. The fourth-order valence-corrected chi connectivity index (χ4v) is 4.64. The lowest BCUT2D eigenvalue weighted by Gasteiger charge is -2.36. The standard InChI is InChI=1S/C22H23NO3S/c1-23-20-8-7-19(14-16(20)6-9-21(23)24)27-18-5-3-4-17(15-18)22(25-2)10-12-26-13-11-22/h3-9,14-15H,10-13H2,1-2H3. The van der Waals surface area contributed by atoms with Crippen molar-refractivity contribution in [1.29, 1.82) is 0 Å². The molecule has 0 spiro atoms. The van der Waals surface area contributed by atoms with Crippen LogP contribution in [0.1, 0.15) is 18.4 Å². The summed E-state index contributed by atoms with van der Waals surface area (Å²) in [5.74, 6) is 0. The van der Waals surface area contributed by atoms with E-state index in [1.54, 1.807) is 36.6 Å². The van der Waals surface area contributed by atoms with Crippen molar-refractivity contribution in [3.8, 4) is 0 Å². The van der Waals surface area contributed by atoms with Gasteiger partial charge in [-0.15, -0.1) is 0 Å². The average molecular weight is 381 g/mol. The molecule has 1 aliphatic rings. The highest BCUT2D eigenvalue weighted by Gasteiger charge is 2.34. The van der Waals surface area contributed by atoms with E-state index in [2.05, 4.69) is 36.4 Å². The molecule has 1 saturated heterocycles. The maximum Gasteiger partial charge on any atom is 0.250 e. The van der Waals surface area contributed by atoms with E-state index in [0.29, 0.717) is 0 Å². The number of hydrogen-bond acceptors (Lipinski definition) is 4. The first-order chi connectivity index (χ1) is 13.1. The third-order valence-electron chi connectivity index (χ3n) is 5.38. The Morgan fingerprint density at radius 2 is 1.81 bits per heavy atom. The molecule has 1 fully saturated rings. The van der Waals surface area contributed by atoms with Crippen LogP contribution in [0.5, 0.6) is 0 Å². The molecular formula is C22H23NO3S. The van der Waals surface area contributed by atoms with Gasteiger partial charge in [-0.25, -0.2) is 0 Å². The number of nitrogens with zero attached hydrogens (tertiary/aromatic N) is 1. The van der Waals surface area contributed by atoms with E-state index >= 15 is 0 Å². The van der Waals surface area contributed by atoms with Crippen LogP contribution in [0.2, 0.25) is 0 Å². The fourth-order valence-electron chi connectivity index (χ4n) is 3.72. The third-order valence-corrected chi connectivity index (χ3v) is 6.36. The van der Waals surface area contributed by atoms with Crippen LogP contribution in [0, 0.1) is 0 Å². The van der Waals surface area contributed by atoms with Crippen molar-refractivity contribution < 1.29 is 9.47 Å². The number of aryl methyl sites for hydroxylation is 1. The zero-order chi connectivity index (χ0) is 18.9. The third kappa shape index (κ3) is 3.55. The summed E-state index contributed by atoms with van der Waals surface area (Å²) in [5.41, 5.74) is 1.91. The van der Waals surface area contributed by atoms with Gasteiger partial charge in [-0.2, -0.15) is 0 Å². The van der Waals surface area contributed by atoms with Crippen molar-refractivity contribution in [2.45, 2.75) is 28.2 Å². The van der Waals surface area contributed by atoms with E-state index in [4.69, 9.17) is 9.47 Å². The molecule has 0 atom stereocenters. The minimum atomic E-state index is -0.253. The molecule has 0 aliphatic carbocycles. The summed E-state index contributed by atoms with van der Waals surface area (Å²) in [6.07, 6.45) is 1.75. The molecule has 140 valence electrons. The molecule has 1 aromatic heterocycles. The lowest BCUT2D eigenvalue weighted by Crippen LogP contribution is -2.35. The number of ether oxygens (including phenoxy) is 2. The number of pyridine rings is 1. The van der Waals surface area contributed by atoms with Gasteiger partial charge in [-0.1, -0.05) is 23.9 Å². The van der Waals surface area contributed by atoms with Crippen LogP contribution in [0.4, 0.5) is 0 Å². The molecule has 4 nitrogen and oxygen atoms in total. The molecule has 5 heteroatoms. The predicted molar refractivity (Wildman–Crippen MR) is 108 cm³/mol. The number of hydrogen-bond donors (Lipinski definition) is 0. The van der Waals surface area contributed by atoms with Crippen molar-refractivity contribution in [3.05, 3.63) is 70.5 Å². The molecule has 0 radical (unpaired) electrons. The summed E-state index contributed by atoms with van der Waals surface area (Å²) in [6, 6.07) is 18.3. The normalized spacial score (nSPS) is 16.5. The first-order valence-electron chi connectivity index (χ1n) is 9.12. The molecule has 0 bridgehead atoms. The minimum absolute atomic E-state index is 0.0110. The number of rotatable bonds is 4. The molecule has 4 rings (SSSR count). The molecule has 0 unspecified atom stereocenters. The summed E-state index contributed by atoms with van der Waals surface area (Å²) in [7, 11) is 3.60. The smallest absolute Gasteiger partial charge is 0.250 e. The van der Waals surface area contributed by atoms with E-state index in [-0.39, 0.29) is 11.2 Å². The van der Waals surface area contributed by atoms with Gasteiger partial charge in [0.05, 0.1) is 11.1 Å². The molecule has 0 amide bonds. The van der Waals surface area contributed by atoms with Gasteiger partial charge in [-0.3, -0.25) is 4.79 Å². The second-order valence-corrected chi connectivity index (χ2v) is 8.04. The monoisotopic (exact) mass is 381 g/mol. The predicted octanol–water partition coefficient (Wildman–Crippen LogP) is 4.34. The maximum absolute atomic E-state index is 11.8. The van der Waals surface area contributed by atoms with Gasteiger partial charge in [-0.05, 0) is 47.3 Å². The molecule has 1 aliphatic heterocycles. The zero-order valence-electron chi connectivity index (χ0n) is 15.6. The van der Waals surface area contributed by atoms with Crippen molar-refractivity contribution in [2.24, 2.45) is 7.05 Å². The molecule has 2 aromatic carbocycles. The van der Waals surface area contributed by atoms with E-state index in [0.717, 1.165) is 41.9 Å². The van der Waals surface area contributed by atoms with Crippen LogP contribution in [-0.4, -0.2) is 24.9 Å². The van der Waals surface area contributed by atoms with E-state index in [1.807, 2.05) is 12.1 Å². The van der Waals surface area contributed by atoms with Crippen LogP contribution in [0.15, 0.2) is 69.2 Å². The van der Waals surface area contributed by atoms with Crippen molar-refractivity contribution in [2.75, 3.05) is 20.3 Å². The van der Waals surface area contributed by atoms with Crippen molar-refractivity contribution in [1.82, 2.24) is 4.57 Å².